The van der Waals surface area contributed by atoms with Gasteiger partial charge in [0.25, 0.3) is 11.8 Å². The predicted molar refractivity (Wildman–Crippen MR) is 97.7 cm³/mol. The summed E-state index contributed by atoms with van der Waals surface area (Å²) in [6.45, 7) is 0.201. The minimum absolute atomic E-state index is 0.0792. The molecule has 0 atom stereocenters. The van der Waals surface area contributed by atoms with Gasteiger partial charge in [0, 0.05) is 9.26 Å². The molecule has 0 aromatic heterocycles. The standard InChI is InChI=1S/C17H12ClIN2O2/c18-14-15(20-13-8-6-12(19)7-9-13)17(23)21(16(14)22)10-11-4-2-1-3-5-11/h1-9,20H,10H2. The van der Waals surface area contributed by atoms with Crippen LogP contribution in [0.15, 0.2) is 65.3 Å². The van der Waals surface area contributed by atoms with E-state index in [0.29, 0.717) is 5.69 Å². The zero-order chi connectivity index (χ0) is 16.4. The number of nitrogens with one attached hydrogen (secondary N) is 1. The first-order valence-electron chi connectivity index (χ1n) is 6.89. The van der Waals surface area contributed by atoms with Crippen molar-refractivity contribution in [3.05, 3.63) is 74.5 Å². The molecule has 1 aliphatic rings. The quantitative estimate of drug-likeness (QED) is 0.585. The largest absolute Gasteiger partial charge is 0.350 e. The average Bonchev–Trinajstić information content (AvgIpc) is 2.76. The number of anilines is 1. The highest BCUT2D eigenvalue weighted by atomic mass is 127. The highest BCUT2D eigenvalue weighted by molar-refractivity contribution is 14.1. The molecule has 3 rings (SSSR count). The van der Waals surface area contributed by atoms with Gasteiger partial charge in [0.1, 0.15) is 10.7 Å². The molecule has 0 saturated carbocycles. The molecule has 2 aromatic rings. The van der Waals surface area contributed by atoms with Crippen molar-refractivity contribution in [3.63, 3.8) is 0 Å². The number of carbonyl (C=O) groups is 2. The number of amides is 2. The Morgan fingerprint density at radius 3 is 2.26 bits per heavy atom. The van der Waals surface area contributed by atoms with Gasteiger partial charge >= 0.3 is 0 Å². The van der Waals surface area contributed by atoms with Crippen LogP contribution in [0, 0.1) is 3.57 Å². The Kier molecular flexibility index (Phi) is 4.68. The van der Waals surface area contributed by atoms with Gasteiger partial charge in [0.2, 0.25) is 0 Å². The molecule has 6 heteroatoms. The van der Waals surface area contributed by atoms with Gasteiger partial charge in [-0.25, -0.2) is 0 Å². The molecular weight excluding hydrogens is 427 g/mol. The Hall–Kier alpha value is -1.86. The van der Waals surface area contributed by atoms with Crippen LogP contribution in [0.4, 0.5) is 5.69 Å². The van der Waals surface area contributed by atoms with E-state index in [9.17, 15) is 9.59 Å². The van der Waals surface area contributed by atoms with E-state index in [-0.39, 0.29) is 17.3 Å². The monoisotopic (exact) mass is 438 g/mol. The number of hydrogen-bond donors (Lipinski definition) is 1. The van der Waals surface area contributed by atoms with Crippen molar-refractivity contribution < 1.29 is 9.59 Å². The van der Waals surface area contributed by atoms with Crippen LogP contribution in [-0.2, 0) is 16.1 Å². The smallest absolute Gasteiger partial charge is 0.279 e. The van der Waals surface area contributed by atoms with Gasteiger partial charge in [-0.1, -0.05) is 41.9 Å². The maximum absolute atomic E-state index is 12.5. The molecular formula is C17H12ClIN2O2. The van der Waals surface area contributed by atoms with Gasteiger partial charge < -0.3 is 5.32 Å². The van der Waals surface area contributed by atoms with E-state index in [0.717, 1.165) is 14.0 Å². The number of benzene rings is 2. The van der Waals surface area contributed by atoms with E-state index in [2.05, 4.69) is 27.9 Å². The molecule has 23 heavy (non-hydrogen) atoms. The Balaban J connectivity index is 1.80. The minimum atomic E-state index is -0.478. The molecule has 4 nitrogen and oxygen atoms in total. The summed E-state index contributed by atoms with van der Waals surface area (Å²) < 4.78 is 1.08. The maximum atomic E-state index is 12.5. The van der Waals surface area contributed by atoms with Crippen LogP contribution in [0.5, 0.6) is 0 Å². The molecule has 116 valence electrons. The number of hydrogen-bond acceptors (Lipinski definition) is 3. The molecule has 0 fully saturated rings. The van der Waals surface area contributed by atoms with Crippen LogP contribution in [0.3, 0.4) is 0 Å². The van der Waals surface area contributed by atoms with Crippen LogP contribution in [0.1, 0.15) is 5.56 Å². The molecule has 0 aliphatic carbocycles. The fourth-order valence-electron chi connectivity index (χ4n) is 2.24. The van der Waals surface area contributed by atoms with Gasteiger partial charge in [-0.05, 0) is 52.4 Å². The van der Waals surface area contributed by atoms with Crippen molar-refractivity contribution >= 4 is 51.7 Å². The second-order valence-corrected chi connectivity index (χ2v) is 6.63. The van der Waals surface area contributed by atoms with Gasteiger partial charge in [-0.15, -0.1) is 0 Å². The van der Waals surface area contributed by atoms with E-state index in [1.165, 1.54) is 0 Å². The molecule has 0 spiro atoms. The van der Waals surface area contributed by atoms with Crippen molar-refractivity contribution in [1.29, 1.82) is 0 Å². The SMILES string of the molecule is O=C1C(Cl)=C(Nc2ccc(I)cc2)C(=O)N1Cc1ccccc1. The molecule has 2 amide bonds. The lowest BCUT2D eigenvalue weighted by atomic mass is 10.2. The molecule has 1 N–H and O–H groups in total. The average molecular weight is 439 g/mol. The number of imide groups is 1. The van der Waals surface area contributed by atoms with Gasteiger partial charge in [0.05, 0.1) is 6.54 Å². The molecule has 1 heterocycles. The van der Waals surface area contributed by atoms with Crippen LogP contribution in [0.2, 0.25) is 0 Å². The molecule has 0 radical (unpaired) electrons. The first kappa shape index (κ1) is 16.0. The molecule has 2 aromatic carbocycles. The van der Waals surface area contributed by atoms with Crippen molar-refractivity contribution in [2.75, 3.05) is 5.32 Å². The van der Waals surface area contributed by atoms with Crippen LogP contribution < -0.4 is 5.32 Å². The van der Waals surface area contributed by atoms with Crippen LogP contribution >= 0.6 is 34.2 Å². The van der Waals surface area contributed by atoms with Crippen molar-refractivity contribution in [2.45, 2.75) is 6.54 Å². The Morgan fingerprint density at radius 2 is 1.61 bits per heavy atom. The number of halogens is 2. The van der Waals surface area contributed by atoms with E-state index >= 15 is 0 Å². The molecule has 0 unspecified atom stereocenters. The lowest BCUT2D eigenvalue weighted by molar-refractivity contribution is -0.138. The fraction of sp³-hybridized carbons (Fsp3) is 0.0588. The zero-order valence-electron chi connectivity index (χ0n) is 11.9. The number of rotatable bonds is 4. The first-order chi connectivity index (χ1) is 11.1. The highest BCUT2D eigenvalue weighted by Gasteiger charge is 2.37. The maximum Gasteiger partial charge on any atom is 0.279 e. The summed E-state index contributed by atoms with van der Waals surface area (Å²) in [5, 5.41) is 2.87. The van der Waals surface area contributed by atoms with E-state index < -0.39 is 11.8 Å². The van der Waals surface area contributed by atoms with Crippen molar-refractivity contribution in [3.8, 4) is 0 Å². The second kappa shape index (κ2) is 6.72. The lowest BCUT2D eigenvalue weighted by Crippen LogP contribution is -2.31. The fourth-order valence-corrected chi connectivity index (χ4v) is 2.83. The summed E-state index contributed by atoms with van der Waals surface area (Å²) >= 11 is 8.26. The summed E-state index contributed by atoms with van der Waals surface area (Å²) in [4.78, 5) is 25.9. The van der Waals surface area contributed by atoms with Crippen LogP contribution in [0.25, 0.3) is 0 Å². The summed E-state index contributed by atoms with van der Waals surface area (Å²) in [5.74, 6) is -0.893. The third-order valence-corrected chi connectivity index (χ3v) is 4.48. The minimum Gasteiger partial charge on any atom is -0.350 e. The third kappa shape index (κ3) is 3.40. The highest BCUT2D eigenvalue weighted by Crippen LogP contribution is 2.27. The van der Waals surface area contributed by atoms with Gasteiger partial charge in [-0.3, -0.25) is 14.5 Å². The summed E-state index contributed by atoms with van der Waals surface area (Å²) in [6.07, 6.45) is 0. The molecule has 0 bridgehead atoms. The Labute approximate surface area is 152 Å². The van der Waals surface area contributed by atoms with Gasteiger partial charge in [0.15, 0.2) is 0 Å². The second-order valence-electron chi connectivity index (χ2n) is 5.00. The lowest BCUT2D eigenvalue weighted by Gasteiger charge is -2.15. The van der Waals surface area contributed by atoms with E-state index in [4.69, 9.17) is 11.6 Å². The summed E-state index contributed by atoms with van der Waals surface area (Å²) in [7, 11) is 0. The van der Waals surface area contributed by atoms with Gasteiger partial charge in [-0.2, -0.15) is 0 Å². The zero-order valence-corrected chi connectivity index (χ0v) is 14.8. The summed E-state index contributed by atoms with van der Waals surface area (Å²) in [5.41, 5.74) is 1.70. The van der Waals surface area contributed by atoms with E-state index in [1.807, 2.05) is 54.6 Å². The first-order valence-corrected chi connectivity index (χ1v) is 8.34. The number of carbonyl (C=O) groups excluding carboxylic acids is 2. The molecule has 1 aliphatic heterocycles. The van der Waals surface area contributed by atoms with Crippen molar-refractivity contribution in [2.24, 2.45) is 0 Å². The Bertz CT molecular complexity index is 788. The predicted octanol–water partition coefficient (Wildman–Crippen LogP) is 3.72. The van der Waals surface area contributed by atoms with Crippen molar-refractivity contribution in [1.82, 2.24) is 4.90 Å². The molecule has 0 saturated heterocycles. The third-order valence-electron chi connectivity index (χ3n) is 3.41. The Morgan fingerprint density at radius 1 is 0.957 bits per heavy atom. The van der Waals surface area contributed by atoms with Crippen LogP contribution in [-0.4, -0.2) is 16.7 Å². The normalized spacial score (nSPS) is 14.6. The summed E-state index contributed by atoms with van der Waals surface area (Å²) in [6, 6.07) is 16.8. The number of nitrogens with zero attached hydrogens (tertiary/aromatic N) is 1. The van der Waals surface area contributed by atoms with E-state index in [1.54, 1.807) is 0 Å². The topological polar surface area (TPSA) is 49.4 Å².